The Balaban J connectivity index is 2.32. The number of carbonyl (C=O) groups excluding carboxylic acids is 4. The fourth-order valence-corrected chi connectivity index (χ4v) is 6.37. The van der Waals surface area contributed by atoms with Gasteiger partial charge >= 0.3 is 6.03 Å². The molecule has 0 spiro atoms. The van der Waals surface area contributed by atoms with Crippen LogP contribution in [0.5, 0.6) is 0 Å². The number of aliphatic hydroxyl groups is 1. The first-order valence-corrected chi connectivity index (χ1v) is 19.1. The normalized spacial score (nSPS) is 19.4. The van der Waals surface area contributed by atoms with Crippen molar-refractivity contribution in [2.75, 3.05) is 32.9 Å². The van der Waals surface area contributed by atoms with E-state index in [1.807, 2.05) is 34.6 Å². The number of likely N-dealkylation sites (N-methyl/N-ethyl adjacent to an activating group) is 1. The Hall–Kier alpha value is -3.37. The van der Waals surface area contributed by atoms with Crippen LogP contribution in [-0.4, -0.2) is 110 Å². The van der Waals surface area contributed by atoms with Crippen LogP contribution in [0.15, 0.2) is 30.3 Å². The van der Waals surface area contributed by atoms with Crippen molar-refractivity contribution in [2.24, 2.45) is 22.7 Å². The molecular formula is C35H58F2N6O7S. The maximum atomic E-state index is 14.3. The van der Waals surface area contributed by atoms with E-state index in [0.717, 1.165) is 10.6 Å². The molecule has 13 nitrogen and oxygen atoms in total. The van der Waals surface area contributed by atoms with Crippen molar-refractivity contribution in [2.45, 2.75) is 105 Å². The van der Waals surface area contributed by atoms with Gasteiger partial charge in [0.25, 0.3) is 0 Å². The molecule has 290 valence electrons. The van der Waals surface area contributed by atoms with Crippen LogP contribution in [0.2, 0.25) is 0 Å². The maximum absolute atomic E-state index is 14.3. The summed E-state index contributed by atoms with van der Waals surface area (Å²) in [6.45, 7) is 14.4. The highest BCUT2D eigenvalue weighted by atomic mass is 32.2. The largest absolute Gasteiger partial charge is 0.387 e. The van der Waals surface area contributed by atoms with Gasteiger partial charge in [-0.2, -0.15) is 0 Å². The number of alkyl halides is 2. The van der Waals surface area contributed by atoms with E-state index in [-0.39, 0.29) is 31.5 Å². The van der Waals surface area contributed by atoms with Crippen LogP contribution in [0.25, 0.3) is 0 Å². The molecule has 16 heteroatoms. The molecule has 51 heavy (non-hydrogen) atoms. The van der Waals surface area contributed by atoms with Crippen molar-refractivity contribution in [3.8, 4) is 0 Å². The molecule has 0 radical (unpaired) electrons. The third-order valence-electron chi connectivity index (χ3n) is 9.30. The molecule has 5 N–H and O–H groups in total. The molecule has 1 heterocycles. The minimum atomic E-state index is -3.55. The topological polar surface area (TPSA) is 177 Å². The first-order valence-electron chi connectivity index (χ1n) is 17.2. The predicted molar refractivity (Wildman–Crippen MR) is 191 cm³/mol. The molecule has 1 aliphatic rings. The first kappa shape index (κ1) is 43.8. The summed E-state index contributed by atoms with van der Waals surface area (Å²) >= 11 is 0. The first-order chi connectivity index (χ1) is 23.3. The van der Waals surface area contributed by atoms with Gasteiger partial charge in [0.15, 0.2) is 0 Å². The predicted octanol–water partition coefficient (Wildman–Crippen LogP) is 2.87. The molecule has 6 atom stereocenters. The number of benzene rings is 1. The molecule has 0 bridgehead atoms. The van der Waals surface area contributed by atoms with E-state index < -0.39 is 87.7 Å². The Morgan fingerprint density at radius 2 is 1.57 bits per heavy atom. The van der Waals surface area contributed by atoms with Crippen molar-refractivity contribution in [1.82, 2.24) is 30.5 Å². The van der Waals surface area contributed by atoms with Crippen LogP contribution >= 0.6 is 0 Å². The molecule has 0 saturated carbocycles. The van der Waals surface area contributed by atoms with E-state index in [0.29, 0.717) is 12.0 Å². The van der Waals surface area contributed by atoms with Gasteiger partial charge in [0.1, 0.15) is 18.1 Å². The van der Waals surface area contributed by atoms with Crippen molar-refractivity contribution in [3.63, 3.8) is 0 Å². The van der Waals surface area contributed by atoms with Gasteiger partial charge in [-0.25, -0.2) is 26.3 Å². The number of sulfonamides is 1. The summed E-state index contributed by atoms with van der Waals surface area (Å²) in [6.07, 6.45) is -3.55. The average Bonchev–Trinajstić information content (AvgIpc) is 3.46. The summed E-state index contributed by atoms with van der Waals surface area (Å²) in [4.78, 5) is 56.1. The number of hydrogen-bond acceptors (Lipinski definition) is 7. The third kappa shape index (κ3) is 13.0. The quantitative estimate of drug-likeness (QED) is 0.183. The second-order valence-electron chi connectivity index (χ2n) is 15.9. The number of halogens is 2. The zero-order chi connectivity index (χ0) is 39.1. The van der Waals surface area contributed by atoms with Crippen LogP contribution in [0.1, 0.15) is 79.9 Å². The minimum Gasteiger partial charge on any atom is -0.387 e. The number of urea groups is 1. The standard InChI is InChI=1S/C35H58F2N6O7S/c1-21(2)23-16-17-43(28(23)31(46)39-24(18-27(36)37)30(45)38-19-25(44)22-14-12-11-13-15-22)32(47)29(35(6,7)8)41-33(48)40-26(34(3,4)5)20-42(9)51(10,49)50/h11-15,21,23-29,44H,16-20H2,1-10H3,(H,38,45)(H,39,46)(H2,40,41,48)/t23?,24-,25?,26+,28-,29+/m0/s1. The number of amides is 5. The SMILES string of the molecule is CC(C)C1CCN(C(=O)[C@@H](NC(=O)N[C@H](CN(C)S(C)(=O)=O)C(C)(C)C)C(C)(C)C)[C@@H]1C(=O)N[C@@H](CC(F)F)C(=O)NCC(O)c1ccccc1. The second kappa shape index (κ2) is 17.9. The van der Waals surface area contributed by atoms with Gasteiger partial charge < -0.3 is 31.3 Å². The van der Waals surface area contributed by atoms with E-state index in [4.69, 9.17) is 0 Å². The molecule has 0 aromatic heterocycles. The number of aliphatic hydroxyl groups excluding tert-OH is 1. The summed E-state index contributed by atoms with van der Waals surface area (Å²) in [5.41, 5.74) is -0.914. The lowest BCUT2D eigenvalue weighted by Gasteiger charge is -2.38. The highest BCUT2D eigenvalue weighted by molar-refractivity contribution is 7.88. The maximum Gasteiger partial charge on any atom is 0.315 e. The summed E-state index contributed by atoms with van der Waals surface area (Å²) in [5.74, 6) is -2.74. The van der Waals surface area contributed by atoms with Crippen LogP contribution < -0.4 is 21.3 Å². The highest BCUT2D eigenvalue weighted by Crippen LogP contribution is 2.33. The minimum absolute atomic E-state index is 0.0209. The van der Waals surface area contributed by atoms with Crippen molar-refractivity contribution >= 4 is 33.8 Å². The Bertz CT molecular complexity index is 1450. The lowest BCUT2D eigenvalue weighted by atomic mass is 9.84. The van der Waals surface area contributed by atoms with Crippen LogP contribution in [0.3, 0.4) is 0 Å². The van der Waals surface area contributed by atoms with E-state index in [1.54, 1.807) is 51.1 Å². The van der Waals surface area contributed by atoms with Gasteiger partial charge in [0.2, 0.25) is 34.2 Å². The summed E-state index contributed by atoms with van der Waals surface area (Å²) < 4.78 is 52.7. The monoisotopic (exact) mass is 744 g/mol. The molecular weight excluding hydrogens is 686 g/mol. The van der Waals surface area contributed by atoms with E-state index in [2.05, 4.69) is 21.3 Å². The third-order valence-corrected chi connectivity index (χ3v) is 10.6. The van der Waals surface area contributed by atoms with Crippen LogP contribution in [-0.2, 0) is 24.4 Å². The van der Waals surface area contributed by atoms with Crippen molar-refractivity contribution in [3.05, 3.63) is 35.9 Å². The van der Waals surface area contributed by atoms with E-state index in [9.17, 15) is 41.5 Å². The Morgan fingerprint density at radius 3 is 2.06 bits per heavy atom. The van der Waals surface area contributed by atoms with Gasteiger partial charge in [-0.15, -0.1) is 0 Å². The second-order valence-corrected chi connectivity index (χ2v) is 18.0. The van der Waals surface area contributed by atoms with E-state index >= 15 is 0 Å². The number of nitrogens with one attached hydrogen (secondary N) is 4. The van der Waals surface area contributed by atoms with Crippen LogP contribution in [0, 0.1) is 22.7 Å². The molecule has 0 aliphatic carbocycles. The van der Waals surface area contributed by atoms with Gasteiger partial charge in [0.05, 0.1) is 12.4 Å². The Morgan fingerprint density at radius 1 is 0.980 bits per heavy atom. The van der Waals surface area contributed by atoms with Crippen LogP contribution in [0.4, 0.5) is 13.6 Å². The molecule has 2 unspecified atom stereocenters. The average molecular weight is 745 g/mol. The number of likely N-dealkylation sites (tertiary alicyclic amines) is 1. The van der Waals surface area contributed by atoms with Crippen molar-refractivity contribution in [1.29, 1.82) is 0 Å². The lowest BCUT2D eigenvalue weighted by Crippen LogP contribution is -2.62. The van der Waals surface area contributed by atoms with Crippen molar-refractivity contribution < 1.29 is 41.5 Å². The zero-order valence-electron chi connectivity index (χ0n) is 31.5. The summed E-state index contributed by atoms with van der Waals surface area (Å²) in [7, 11) is -2.14. The molecule has 1 aromatic carbocycles. The summed E-state index contributed by atoms with van der Waals surface area (Å²) in [5, 5.41) is 20.9. The molecule has 5 amide bonds. The molecule has 1 aromatic rings. The summed E-state index contributed by atoms with van der Waals surface area (Å²) in [6, 6.07) is 3.19. The number of rotatable bonds is 15. The fraction of sp³-hybridized carbons (Fsp3) is 0.714. The Kier molecular flexibility index (Phi) is 15.4. The molecule has 2 rings (SSSR count). The fourth-order valence-electron chi connectivity index (χ4n) is 5.95. The Labute approximate surface area is 301 Å². The number of carbonyl (C=O) groups is 4. The number of hydrogen-bond donors (Lipinski definition) is 5. The number of nitrogens with zero attached hydrogens (tertiary/aromatic N) is 2. The molecule has 1 fully saturated rings. The van der Waals surface area contributed by atoms with E-state index in [1.165, 1.54) is 11.9 Å². The highest BCUT2D eigenvalue weighted by Gasteiger charge is 2.48. The molecule has 1 saturated heterocycles. The van der Waals surface area contributed by atoms with Gasteiger partial charge in [-0.1, -0.05) is 85.7 Å². The molecule has 1 aliphatic heterocycles. The zero-order valence-corrected chi connectivity index (χ0v) is 32.3. The smallest absolute Gasteiger partial charge is 0.315 e. The lowest BCUT2D eigenvalue weighted by molar-refractivity contribution is -0.144. The van der Waals surface area contributed by atoms with Gasteiger partial charge in [-0.05, 0) is 34.7 Å². The van der Waals surface area contributed by atoms with Gasteiger partial charge in [-0.3, -0.25) is 14.4 Å². The van der Waals surface area contributed by atoms with Gasteiger partial charge in [0, 0.05) is 39.1 Å².